The fourth-order valence-electron chi connectivity index (χ4n) is 2.66. The minimum absolute atomic E-state index is 0.0528. The Labute approximate surface area is 177 Å². The average Bonchev–Trinajstić information content (AvgIpc) is 2.73. The molecular formula is C20H21F2N7O2. The number of halogens is 2. The first-order valence-corrected chi connectivity index (χ1v) is 8.85. The summed E-state index contributed by atoms with van der Waals surface area (Å²) in [7, 11) is 1.46. The van der Waals surface area contributed by atoms with Crippen molar-refractivity contribution in [3.63, 3.8) is 0 Å². The zero-order valence-electron chi connectivity index (χ0n) is 17.1. The van der Waals surface area contributed by atoms with Crippen LogP contribution in [0.3, 0.4) is 0 Å². The Bertz CT molecular complexity index is 1080. The number of amides is 2. The number of terminal acetylenes is 1. The molecule has 2 aromatic rings. The lowest BCUT2D eigenvalue weighted by molar-refractivity contribution is -0.105. The van der Waals surface area contributed by atoms with E-state index in [-0.39, 0.29) is 35.1 Å². The van der Waals surface area contributed by atoms with E-state index in [2.05, 4.69) is 15.9 Å². The van der Waals surface area contributed by atoms with Gasteiger partial charge in [-0.15, -0.1) is 6.42 Å². The molecular weight excluding hydrogens is 408 g/mol. The summed E-state index contributed by atoms with van der Waals surface area (Å²) in [6.45, 7) is 2.92. The lowest BCUT2D eigenvalue weighted by Gasteiger charge is -2.30. The number of nitrogens with zero attached hydrogens (tertiary/aromatic N) is 5. The number of hydrogen-bond donors (Lipinski definition) is 2. The van der Waals surface area contributed by atoms with Gasteiger partial charge in [0.15, 0.2) is 23.7 Å². The van der Waals surface area contributed by atoms with E-state index >= 15 is 0 Å². The third-order valence-corrected chi connectivity index (χ3v) is 4.33. The molecule has 0 atom stereocenters. The Hall–Kier alpha value is -4.04. The quantitative estimate of drug-likeness (QED) is 0.180. The first-order chi connectivity index (χ1) is 14.6. The van der Waals surface area contributed by atoms with Gasteiger partial charge in [-0.2, -0.15) is 0 Å². The highest BCUT2D eigenvalue weighted by Crippen LogP contribution is 2.28. The van der Waals surface area contributed by atoms with Gasteiger partial charge in [-0.1, -0.05) is 5.92 Å². The van der Waals surface area contributed by atoms with Crippen molar-refractivity contribution in [2.45, 2.75) is 13.8 Å². The lowest BCUT2D eigenvalue weighted by atomic mass is 10.2. The number of nitrogen functional groups attached to an aromatic ring is 1. The first kappa shape index (κ1) is 23.2. The number of benzene rings is 1. The van der Waals surface area contributed by atoms with Gasteiger partial charge in [0.25, 0.3) is 0 Å². The van der Waals surface area contributed by atoms with Gasteiger partial charge in [-0.05, 0) is 13.8 Å². The highest BCUT2D eigenvalue weighted by Gasteiger charge is 2.26. The van der Waals surface area contributed by atoms with Gasteiger partial charge in [-0.25, -0.2) is 24.4 Å². The number of carbonyl (C=O) groups is 2. The molecule has 0 bridgehead atoms. The van der Waals surface area contributed by atoms with Gasteiger partial charge in [0.1, 0.15) is 5.70 Å². The highest BCUT2D eigenvalue weighted by atomic mass is 19.2. The maximum Gasteiger partial charge on any atom is 0.330 e. The van der Waals surface area contributed by atoms with Crippen LogP contribution in [-0.2, 0) is 4.79 Å². The predicted octanol–water partition coefficient (Wildman–Crippen LogP) is 1.95. The zero-order valence-corrected chi connectivity index (χ0v) is 17.1. The van der Waals surface area contributed by atoms with Crippen LogP contribution in [0.5, 0.6) is 0 Å². The average molecular weight is 429 g/mol. The summed E-state index contributed by atoms with van der Waals surface area (Å²) in [5.74, 6) is 6.16. The number of aromatic nitrogens is 2. The van der Waals surface area contributed by atoms with Crippen molar-refractivity contribution in [2.75, 3.05) is 29.2 Å². The molecule has 0 fully saturated rings. The second-order valence-electron chi connectivity index (χ2n) is 6.43. The van der Waals surface area contributed by atoms with Crippen LogP contribution in [0.15, 0.2) is 35.9 Å². The van der Waals surface area contributed by atoms with Crippen LogP contribution < -0.4 is 21.5 Å². The Balaban J connectivity index is 2.50. The maximum atomic E-state index is 13.7. The number of hydrazine groups is 1. The number of rotatable bonds is 6. The molecule has 0 radical (unpaired) electrons. The SMILES string of the molecule is C#CCN(C(=O)N(C)c1cncc(C)n1)/C(C)=C(\C=O)N(N)c1cc(F)c(F)cc1N. The van der Waals surface area contributed by atoms with Crippen molar-refractivity contribution in [1.29, 1.82) is 0 Å². The molecule has 2 rings (SSSR count). The number of aldehydes is 1. The third-order valence-electron chi connectivity index (χ3n) is 4.33. The number of allylic oxidation sites excluding steroid dienone is 2. The van der Waals surface area contributed by atoms with E-state index in [1.54, 1.807) is 6.92 Å². The zero-order chi connectivity index (χ0) is 23.3. The molecule has 0 saturated heterocycles. The van der Waals surface area contributed by atoms with Crippen molar-refractivity contribution in [1.82, 2.24) is 14.9 Å². The maximum absolute atomic E-state index is 13.7. The summed E-state index contributed by atoms with van der Waals surface area (Å²) < 4.78 is 27.1. The Morgan fingerprint density at radius 2 is 1.94 bits per heavy atom. The molecule has 9 nitrogen and oxygen atoms in total. The normalized spacial score (nSPS) is 11.3. The Morgan fingerprint density at radius 3 is 2.52 bits per heavy atom. The third kappa shape index (κ3) is 4.93. The van der Waals surface area contributed by atoms with E-state index in [1.165, 1.54) is 31.3 Å². The van der Waals surface area contributed by atoms with Crippen LogP contribution in [0.1, 0.15) is 12.6 Å². The van der Waals surface area contributed by atoms with Crippen LogP contribution >= 0.6 is 0 Å². The molecule has 1 heterocycles. The fraction of sp³-hybridized carbons (Fsp3) is 0.200. The van der Waals surface area contributed by atoms with Crippen LogP contribution in [0.2, 0.25) is 0 Å². The topological polar surface area (TPSA) is 122 Å². The van der Waals surface area contributed by atoms with E-state index in [9.17, 15) is 18.4 Å². The number of carbonyl (C=O) groups excluding carboxylic acids is 2. The largest absolute Gasteiger partial charge is 0.397 e. The summed E-state index contributed by atoms with van der Waals surface area (Å²) in [4.78, 5) is 35.4. The molecule has 4 N–H and O–H groups in total. The molecule has 0 saturated carbocycles. The molecule has 0 aliphatic rings. The molecule has 1 aromatic carbocycles. The Morgan fingerprint density at radius 1 is 1.29 bits per heavy atom. The van der Waals surface area contributed by atoms with Gasteiger partial charge in [0, 0.05) is 31.1 Å². The van der Waals surface area contributed by atoms with Crippen molar-refractivity contribution >= 4 is 29.5 Å². The predicted molar refractivity (Wildman–Crippen MR) is 112 cm³/mol. The summed E-state index contributed by atoms with van der Waals surface area (Å²) in [5.41, 5.74) is 5.72. The number of hydrogen-bond acceptors (Lipinski definition) is 7. The summed E-state index contributed by atoms with van der Waals surface area (Å²) in [6, 6.07) is 0.849. The number of aryl methyl sites for hydroxylation is 1. The lowest BCUT2D eigenvalue weighted by Crippen LogP contribution is -2.43. The summed E-state index contributed by atoms with van der Waals surface area (Å²) in [5, 5.41) is 0.753. The smallest absolute Gasteiger partial charge is 0.330 e. The number of nitrogens with two attached hydrogens (primary N) is 2. The first-order valence-electron chi connectivity index (χ1n) is 8.85. The highest BCUT2D eigenvalue weighted by molar-refractivity contribution is 5.93. The molecule has 0 spiro atoms. The van der Waals surface area contributed by atoms with E-state index in [1.807, 2.05) is 0 Å². The molecule has 0 aliphatic heterocycles. The second kappa shape index (κ2) is 9.64. The minimum atomic E-state index is -1.21. The number of urea groups is 1. The van der Waals surface area contributed by atoms with Crippen LogP contribution in [0.25, 0.3) is 0 Å². The van der Waals surface area contributed by atoms with Crippen molar-refractivity contribution in [2.24, 2.45) is 5.84 Å². The van der Waals surface area contributed by atoms with Gasteiger partial charge in [0.2, 0.25) is 0 Å². The molecule has 162 valence electrons. The molecule has 0 aliphatic carbocycles. The minimum Gasteiger partial charge on any atom is -0.397 e. The van der Waals surface area contributed by atoms with Gasteiger partial charge in [-0.3, -0.25) is 24.6 Å². The van der Waals surface area contributed by atoms with Gasteiger partial charge < -0.3 is 5.73 Å². The standard InChI is InChI=1S/C20H21F2N7O2/c1-5-6-28(20(31)27(4)19-10-25-9-12(2)26-19)13(3)18(11-30)29(24)17-8-15(22)14(21)7-16(17)23/h1,7-11H,6,23-24H2,2-4H3/b18-13+. The van der Waals surface area contributed by atoms with E-state index in [4.69, 9.17) is 18.0 Å². The molecule has 2 amide bonds. The molecule has 0 unspecified atom stereocenters. The van der Waals surface area contributed by atoms with E-state index in [0.29, 0.717) is 12.0 Å². The van der Waals surface area contributed by atoms with Crippen molar-refractivity contribution < 1.29 is 18.4 Å². The van der Waals surface area contributed by atoms with Crippen LogP contribution in [0.4, 0.5) is 30.8 Å². The van der Waals surface area contributed by atoms with E-state index < -0.39 is 17.7 Å². The van der Waals surface area contributed by atoms with Gasteiger partial charge >= 0.3 is 6.03 Å². The van der Waals surface area contributed by atoms with E-state index in [0.717, 1.165) is 22.0 Å². The summed E-state index contributed by atoms with van der Waals surface area (Å²) in [6.07, 6.45) is 8.65. The molecule has 1 aromatic heterocycles. The van der Waals surface area contributed by atoms with Crippen molar-refractivity contribution in [3.8, 4) is 12.3 Å². The Kier molecular flexibility index (Phi) is 7.23. The fourth-order valence-corrected chi connectivity index (χ4v) is 2.66. The molecule has 31 heavy (non-hydrogen) atoms. The van der Waals surface area contributed by atoms with Crippen LogP contribution in [0, 0.1) is 30.9 Å². The van der Waals surface area contributed by atoms with Crippen LogP contribution in [-0.4, -0.2) is 40.8 Å². The second-order valence-corrected chi connectivity index (χ2v) is 6.43. The molecule has 11 heteroatoms. The summed E-state index contributed by atoms with van der Waals surface area (Å²) >= 11 is 0. The monoisotopic (exact) mass is 429 g/mol. The van der Waals surface area contributed by atoms with Gasteiger partial charge in [0.05, 0.1) is 29.8 Å². The van der Waals surface area contributed by atoms with Crippen molar-refractivity contribution in [3.05, 3.63) is 53.2 Å². The number of anilines is 3.